The minimum Gasteiger partial charge on any atom is -0.493 e. The number of methoxy groups -OCH3 is 2. The summed E-state index contributed by atoms with van der Waals surface area (Å²) in [6.07, 6.45) is 0. The molecule has 0 saturated heterocycles. The Hall–Kier alpha value is -3.15. The standard InChI is InChI=1S/C24H18Cl2O5/c1-28-20-8-6-15(11-21(20)29-2)23-24(30-13-14-4-3-5-16(25)10-14)22(27)18-12-17(26)7-9-19(18)31-23/h3-12H,13H2,1-2H3. The van der Waals surface area contributed by atoms with Crippen LogP contribution in [0.1, 0.15) is 5.56 Å². The fraction of sp³-hybridized carbons (Fsp3) is 0.125. The second-order valence-electron chi connectivity index (χ2n) is 6.72. The van der Waals surface area contributed by atoms with E-state index in [-0.39, 0.29) is 23.5 Å². The Bertz CT molecular complexity index is 1310. The summed E-state index contributed by atoms with van der Waals surface area (Å²) in [5.41, 5.74) is 1.49. The molecule has 0 aliphatic heterocycles. The van der Waals surface area contributed by atoms with Crippen LogP contribution in [0.5, 0.6) is 17.2 Å². The molecular weight excluding hydrogens is 439 g/mol. The molecular formula is C24H18Cl2O5. The van der Waals surface area contributed by atoms with E-state index in [9.17, 15) is 4.79 Å². The van der Waals surface area contributed by atoms with Gasteiger partial charge in [0.2, 0.25) is 11.2 Å². The third kappa shape index (κ3) is 4.33. The van der Waals surface area contributed by atoms with E-state index >= 15 is 0 Å². The molecule has 1 heterocycles. The Balaban J connectivity index is 1.87. The lowest BCUT2D eigenvalue weighted by molar-refractivity contribution is 0.298. The largest absolute Gasteiger partial charge is 0.493 e. The lowest BCUT2D eigenvalue weighted by Gasteiger charge is -2.14. The number of benzene rings is 3. The maximum absolute atomic E-state index is 13.3. The van der Waals surface area contributed by atoms with E-state index in [1.54, 1.807) is 55.6 Å². The van der Waals surface area contributed by atoms with E-state index in [4.69, 9.17) is 41.8 Å². The molecule has 0 amide bonds. The molecule has 31 heavy (non-hydrogen) atoms. The molecule has 4 aromatic rings. The van der Waals surface area contributed by atoms with Crippen LogP contribution in [0.4, 0.5) is 0 Å². The molecule has 0 atom stereocenters. The second kappa shape index (κ2) is 8.92. The van der Waals surface area contributed by atoms with Crippen molar-refractivity contribution in [2.75, 3.05) is 14.2 Å². The Labute approximate surface area is 188 Å². The van der Waals surface area contributed by atoms with E-state index in [2.05, 4.69) is 0 Å². The van der Waals surface area contributed by atoms with Gasteiger partial charge in [-0.2, -0.15) is 0 Å². The van der Waals surface area contributed by atoms with Gasteiger partial charge in [-0.15, -0.1) is 0 Å². The van der Waals surface area contributed by atoms with E-state index in [1.807, 2.05) is 12.1 Å². The Morgan fingerprint density at radius 2 is 1.65 bits per heavy atom. The molecule has 0 aliphatic rings. The molecule has 158 valence electrons. The summed E-state index contributed by atoms with van der Waals surface area (Å²) in [6.45, 7) is 0.137. The summed E-state index contributed by atoms with van der Waals surface area (Å²) in [5.74, 6) is 1.41. The van der Waals surface area contributed by atoms with Gasteiger partial charge in [-0.1, -0.05) is 35.3 Å². The summed E-state index contributed by atoms with van der Waals surface area (Å²) < 4.78 is 22.8. The van der Waals surface area contributed by atoms with Crippen molar-refractivity contribution in [2.45, 2.75) is 6.61 Å². The maximum Gasteiger partial charge on any atom is 0.235 e. The minimum atomic E-state index is -0.324. The van der Waals surface area contributed by atoms with Crippen LogP contribution in [-0.2, 0) is 6.61 Å². The second-order valence-corrected chi connectivity index (χ2v) is 7.59. The van der Waals surface area contributed by atoms with Crippen LogP contribution in [0.2, 0.25) is 10.0 Å². The van der Waals surface area contributed by atoms with Gasteiger partial charge in [0.05, 0.1) is 19.6 Å². The van der Waals surface area contributed by atoms with Crippen molar-refractivity contribution in [1.29, 1.82) is 0 Å². The van der Waals surface area contributed by atoms with Crippen molar-refractivity contribution < 1.29 is 18.6 Å². The van der Waals surface area contributed by atoms with Gasteiger partial charge < -0.3 is 18.6 Å². The van der Waals surface area contributed by atoms with Gasteiger partial charge in [0.25, 0.3) is 0 Å². The Kier molecular flexibility index (Phi) is 6.07. The molecule has 0 fully saturated rings. The fourth-order valence-corrected chi connectivity index (χ4v) is 3.62. The highest BCUT2D eigenvalue weighted by molar-refractivity contribution is 6.31. The van der Waals surface area contributed by atoms with Crippen molar-refractivity contribution >= 4 is 34.2 Å². The zero-order valence-electron chi connectivity index (χ0n) is 16.8. The summed E-state index contributed by atoms with van der Waals surface area (Å²) in [4.78, 5) is 13.3. The molecule has 0 bridgehead atoms. The van der Waals surface area contributed by atoms with Crippen molar-refractivity contribution in [1.82, 2.24) is 0 Å². The Morgan fingerprint density at radius 3 is 2.39 bits per heavy atom. The van der Waals surface area contributed by atoms with Gasteiger partial charge in [0.1, 0.15) is 12.2 Å². The first-order chi connectivity index (χ1) is 15.0. The average Bonchev–Trinajstić information content (AvgIpc) is 2.78. The van der Waals surface area contributed by atoms with Gasteiger partial charge >= 0.3 is 0 Å². The highest BCUT2D eigenvalue weighted by atomic mass is 35.5. The highest BCUT2D eigenvalue weighted by Crippen LogP contribution is 2.37. The predicted octanol–water partition coefficient (Wildman–Crippen LogP) is 6.36. The van der Waals surface area contributed by atoms with Crippen LogP contribution in [-0.4, -0.2) is 14.2 Å². The predicted molar refractivity (Wildman–Crippen MR) is 122 cm³/mol. The molecule has 0 unspecified atom stereocenters. The number of ether oxygens (including phenoxy) is 3. The molecule has 0 saturated carbocycles. The van der Waals surface area contributed by atoms with E-state index < -0.39 is 0 Å². The monoisotopic (exact) mass is 456 g/mol. The van der Waals surface area contributed by atoms with Gasteiger partial charge in [-0.05, 0) is 54.1 Å². The number of hydrogen-bond acceptors (Lipinski definition) is 5. The molecule has 0 radical (unpaired) electrons. The van der Waals surface area contributed by atoms with Gasteiger partial charge in [-0.25, -0.2) is 0 Å². The summed E-state index contributed by atoms with van der Waals surface area (Å²) in [7, 11) is 3.09. The third-order valence-electron chi connectivity index (χ3n) is 4.73. The average molecular weight is 457 g/mol. The Morgan fingerprint density at radius 1 is 0.871 bits per heavy atom. The summed E-state index contributed by atoms with van der Waals surface area (Å²) in [6, 6.07) is 17.3. The first-order valence-electron chi connectivity index (χ1n) is 9.36. The zero-order chi connectivity index (χ0) is 22.0. The van der Waals surface area contributed by atoms with Crippen LogP contribution in [0, 0.1) is 0 Å². The molecule has 0 aliphatic carbocycles. The lowest BCUT2D eigenvalue weighted by Crippen LogP contribution is -2.10. The van der Waals surface area contributed by atoms with E-state index in [0.29, 0.717) is 38.1 Å². The van der Waals surface area contributed by atoms with Crippen molar-refractivity contribution in [2.24, 2.45) is 0 Å². The summed E-state index contributed by atoms with van der Waals surface area (Å²) >= 11 is 12.2. The molecule has 4 rings (SSSR count). The quantitative estimate of drug-likeness (QED) is 0.337. The molecule has 1 aromatic heterocycles. The van der Waals surface area contributed by atoms with Gasteiger partial charge in [0, 0.05) is 15.6 Å². The topological polar surface area (TPSA) is 57.9 Å². The highest BCUT2D eigenvalue weighted by Gasteiger charge is 2.20. The molecule has 7 heteroatoms. The van der Waals surface area contributed by atoms with Crippen molar-refractivity contribution in [3.63, 3.8) is 0 Å². The van der Waals surface area contributed by atoms with Crippen LogP contribution in [0.15, 0.2) is 69.9 Å². The minimum absolute atomic E-state index is 0.0713. The van der Waals surface area contributed by atoms with Gasteiger partial charge in [-0.3, -0.25) is 4.79 Å². The SMILES string of the molecule is COc1ccc(-c2oc3ccc(Cl)cc3c(=O)c2OCc2cccc(Cl)c2)cc1OC. The number of hydrogen-bond donors (Lipinski definition) is 0. The smallest absolute Gasteiger partial charge is 0.235 e. The van der Waals surface area contributed by atoms with Crippen molar-refractivity contribution in [3.05, 3.63) is 86.5 Å². The molecule has 0 spiro atoms. The van der Waals surface area contributed by atoms with Crippen LogP contribution in [0.3, 0.4) is 0 Å². The van der Waals surface area contributed by atoms with E-state index in [1.165, 1.54) is 7.11 Å². The van der Waals surface area contributed by atoms with Crippen molar-refractivity contribution in [3.8, 4) is 28.6 Å². The van der Waals surface area contributed by atoms with Crippen LogP contribution < -0.4 is 19.6 Å². The third-order valence-corrected chi connectivity index (χ3v) is 5.20. The zero-order valence-corrected chi connectivity index (χ0v) is 18.3. The fourth-order valence-electron chi connectivity index (χ4n) is 3.23. The number of rotatable bonds is 6. The van der Waals surface area contributed by atoms with Crippen LogP contribution >= 0.6 is 23.2 Å². The molecule has 5 nitrogen and oxygen atoms in total. The lowest BCUT2D eigenvalue weighted by atomic mass is 10.1. The molecule has 3 aromatic carbocycles. The number of fused-ring (bicyclic) bond motifs is 1. The summed E-state index contributed by atoms with van der Waals surface area (Å²) in [5, 5.41) is 1.34. The first kappa shape index (κ1) is 21.1. The van der Waals surface area contributed by atoms with Crippen LogP contribution in [0.25, 0.3) is 22.3 Å². The van der Waals surface area contributed by atoms with E-state index in [0.717, 1.165) is 5.56 Å². The van der Waals surface area contributed by atoms with Gasteiger partial charge in [0.15, 0.2) is 17.3 Å². The first-order valence-corrected chi connectivity index (χ1v) is 10.1. The normalized spacial score (nSPS) is 10.8. The molecule has 0 N–H and O–H groups in total. The number of halogens is 2. The maximum atomic E-state index is 13.3.